The molecule has 2 aliphatic heterocycles. The van der Waals surface area contributed by atoms with Gasteiger partial charge in [-0.15, -0.1) is 11.3 Å². The monoisotopic (exact) mass is 1030 g/mol. The lowest BCUT2D eigenvalue weighted by Gasteiger charge is -2.25. The van der Waals surface area contributed by atoms with E-state index in [-0.39, 0.29) is 70.1 Å². The molecule has 0 radical (unpaired) electrons. The number of hydrogen-bond donors (Lipinski definition) is 4. The Kier molecular flexibility index (Phi) is 14.0. The fraction of sp³-hybridized carbons (Fsp3) is 0.233. The van der Waals surface area contributed by atoms with Crippen molar-refractivity contribution in [3.8, 4) is 68.6 Å². The summed E-state index contributed by atoms with van der Waals surface area (Å²) in [4.78, 5) is 88.9. The third-order valence-electron chi connectivity index (χ3n) is 9.72. The van der Waals surface area contributed by atoms with Gasteiger partial charge in [-0.25, -0.2) is 13.0 Å². The van der Waals surface area contributed by atoms with Crippen LogP contribution in [-0.2, 0) is 39.9 Å². The Hall–Kier alpha value is -7.56. The Labute approximate surface area is 396 Å². The first-order valence-electron chi connectivity index (χ1n) is 20.1. The van der Waals surface area contributed by atoms with Crippen LogP contribution in [0.1, 0.15) is 59.5 Å². The highest BCUT2D eigenvalue weighted by Crippen LogP contribution is 2.53. The molecular formula is C43H34F3N4O17PS2. The SMILES string of the molecule is CC(=O)Oc1c2cc(-c3cc4cc(S(=O)(=O)NCP(=O)(O)Oc5ccc(C#N)c(C(F)(F)F)c5)sc4cc3-c3cc4c(OC(C)=O)c(c3OC(C)=O)C(=O)NCCO4)c(OC(C)=O)c1C(=O)NCCO2. The maximum absolute atomic E-state index is 13.9. The molecule has 1 unspecified atom stereocenters. The average molecular weight is 1030 g/mol. The quantitative estimate of drug-likeness (QED) is 0.0674. The van der Waals surface area contributed by atoms with Crippen LogP contribution in [0.25, 0.3) is 32.3 Å². The number of nitrogens with zero attached hydrogens (tertiary/aromatic N) is 1. The zero-order chi connectivity index (χ0) is 51.0. The van der Waals surface area contributed by atoms with Crippen LogP contribution in [0.4, 0.5) is 13.2 Å². The minimum Gasteiger partial charge on any atom is -0.488 e. The van der Waals surface area contributed by atoms with Gasteiger partial charge >= 0.3 is 37.6 Å². The second kappa shape index (κ2) is 19.4. The summed E-state index contributed by atoms with van der Waals surface area (Å²) in [7, 11) is -9.95. The first kappa shape index (κ1) is 50.3. The van der Waals surface area contributed by atoms with Crippen molar-refractivity contribution in [2.45, 2.75) is 38.1 Å². The molecule has 0 saturated carbocycles. The number of benzene rings is 4. The number of halogens is 3. The molecule has 0 saturated heterocycles. The number of nitrogens with one attached hydrogen (secondary N) is 3. The molecule has 0 spiro atoms. The van der Waals surface area contributed by atoms with Gasteiger partial charge in [-0.1, -0.05) is 0 Å². The Balaban J connectivity index is 1.47. The Bertz CT molecular complexity index is 3150. The van der Waals surface area contributed by atoms with E-state index in [1.807, 2.05) is 4.72 Å². The van der Waals surface area contributed by atoms with Gasteiger partial charge < -0.3 is 48.5 Å². The molecule has 70 heavy (non-hydrogen) atoms. The first-order valence-corrected chi connectivity index (χ1v) is 24.1. The molecule has 5 aromatic rings. The van der Waals surface area contributed by atoms with Gasteiger partial charge in [0, 0.05) is 43.5 Å². The van der Waals surface area contributed by atoms with Crippen molar-refractivity contribution in [3.63, 3.8) is 0 Å². The minimum atomic E-state index is -5.13. The topological polar surface area (TPSA) is 298 Å². The zero-order valence-corrected chi connectivity index (χ0v) is 39.0. The number of thiophene rings is 1. The van der Waals surface area contributed by atoms with Crippen LogP contribution in [-0.4, -0.2) is 81.6 Å². The number of carbonyl (C=O) groups excluding carboxylic acids is 6. The Morgan fingerprint density at radius 2 is 1.26 bits per heavy atom. The highest BCUT2D eigenvalue weighted by atomic mass is 32.2. The van der Waals surface area contributed by atoms with E-state index in [0.29, 0.717) is 23.5 Å². The van der Waals surface area contributed by atoms with Crippen molar-refractivity contribution in [2.24, 2.45) is 0 Å². The van der Waals surface area contributed by atoms with Crippen LogP contribution >= 0.6 is 18.9 Å². The highest BCUT2D eigenvalue weighted by Gasteiger charge is 2.37. The van der Waals surface area contributed by atoms with E-state index < -0.39 is 121 Å². The van der Waals surface area contributed by atoms with Gasteiger partial charge in [0.1, 0.15) is 40.6 Å². The number of sulfonamides is 1. The third-order valence-corrected chi connectivity index (χ3v) is 14.0. The lowest BCUT2D eigenvalue weighted by Crippen LogP contribution is -2.32. The van der Waals surface area contributed by atoms with E-state index in [1.54, 1.807) is 0 Å². The van der Waals surface area contributed by atoms with Crippen LogP contribution in [0, 0.1) is 11.3 Å². The second-order valence-electron chi connectivity index (χ2n) is 14.8. The smallest absolute Gasteiger partial charge is 0.417 e. The number of esters is 4. The van der Waals surface area contributed by atoms with Crippen molar-refractivity contribution >= 4 is 74.7 Å². The number of hydrogen-bond acceptors (Lipinski definition) is 18. The third kappa shape index (κ3) is 10.7. The molecule has 0 aliphatic carbocycles. The van der Waals surface area contributed by atoms with E-state index >= 15 is 0 Å². The fourth-order valence-corrected chi connectivity index (χ4v) is 11.0. The van der Waals surface area contributed by atoms with Gasteiger partial charge in [-0.2, -0.15) is 23.2 Å². The lowest BCUT2D eigenvalue weighted by atomic mass is 9.89. The summed E-state index contributed by atoms with van der Waals surface area (Å²) < 4.78 is 122. The van der Waals surface area contributed by atoms with Crippen LogP contribution in [0.3, 0.4) is 0 Å². The average Bonchev–Trinajstić information content (AvgIpc) is 3.69. The number of alkyl halides is 3. The summed E-state index contributed by atoms with van der Waals surface area (Å²) in [6, 6.07) is 9.42. The summed E-state index contributed by atoms with van der Waals surface area (Å²) >= 11 is 0.563. The number of ether oxygens (including phenoxy) is 6. The molecule has 1 atom stereocenters. The van der Waals surface area contributed by atoms with Gasteiger partial charge in [0.25, 0.3) is 21.8 Å². The van der Waals surface area contributed by atoms with Crippen LogP contribution in [0.5, 0.6) is 40.2 Å². The van der Waals surface area contributed by atoms with E-state index in [0.717, 1.165) is 39.8 Å². The summed E-state index contributed by atoms with van der Waals surface area (Å²) in [6.07, 6.45) is -6.43. The van der Waals surface area contributed by atoms with Crippen molar-refractivity contribution < 1.29 is 92.8 Å². The Morgan fingerprint density at radius 3 is 1.73 bits per heavy atom. The van der Waals surface area contributed by atoms with E-state index in [2.05, 4.69) is 10.6 Å². The molecule has 4 N–H and O–H groups in total. The maximum Gasteiger partial charge on any atom is 0.417 e. The van der Waals surface area contributed by atoms with Crippen molar-refractivity contribution in [2.75, 3.05) is 32.6 Å². The molecule has 27 heteroatoms. The molecule has 366 valence electrons. The second-order valence-corrected chi connectivity index (χ2v) is 19.7. The predicted molar refractivity (Wildman–Crippen MR) is 235 cm³/mol. The molecule has 4 aromatic carbocycles. The van der Waals surface area contributed by atoms with E-state index in [4.69, 9.17) is 38.2 Å². The molecule has 21 nitrogen and oxygen atoms in total. The summed E-state index contributed by atoms with van der Waals surface area (Å²) in [5.41, 5.74) is -3.79. The lowest BCUT2D eigenvalue weighted by molar-refractivity contribution is -0.138. The molecule has 2 amide bonds. The Morgan fingerprint density at radius 1 is 0.771 bits per heavy atom. The van der Waals surface area contributed by atoms with Crippen molar-refractivity contribution in [3.05, 3.63) is 70.8 Å². The summed E-state index contributed by atoms with van der Waals surface area (Å²) in [6.45, 7) is 3.61. The van der Waals surface area contributed by atoms with Gasteiger partial charge in [-0.05, 0) is 65.0 Å². The molecular weight excluding hydrogens is 997 g/mol. The van der Waals surface area contributed by atoms with Crippen LogP contribution in [0.15, 0.2) is 52.7 Å². The summed E-state index contributed by atoms with van der Waals surface area (Å²) in [5, 5.41) is 14.3. The van der Waals surface area contributed by atoms with E-state index in [9.17, 15) is 59.8 Å². The maximum atomic E-state index is 13.9. The molecule has 4 bridgehead atoms. The molecule has 7 rings (SSSR count). The largest absolute Gasteiger partial charge is 0.488 e. The number of carbonyl (C=O) groups is 6. The first-order chi connectivity index (χ1) is 32.9. The van der Waals surface area contributed by atoms with Gasteiger partial charge in [0.05, 0.1) is 30.3 Å². The number of amides is 2. The van der Waals surface area contributed by atoms with Gasteiger partial charge in [-0.3, -0.25) is 28.8 Å². The summed E-state index contributed by atoms with van der Waals surface area (Å²) in [5.74, 6) is -8.76. The van der Waals surface area contributed by atoms with Crippen molar-refractivity contribution in [1.82, 2.24) is 15.4 Å². The van der Waals surface area contributed by atoms with E-state index in [1.165, 1.54) is 30.3 Å². The molecule has 2 aliphatic rings. The zero-order valence-electron chi connectivity index (χ0n) is 36.5. The molecule has 1 aromatic heterocycles. The van der Waals surface area contributed by atoms with Crippen LogP contribution < -0.4 is 48.3 Å². The number of nitriles is 1. The van der Waals surface area contributed by atoms with Crippen LogP contribution in [0.2, 0.25) is 0 Å². The number of fused-ring (bicyclic) bond motifs is 5. The normalized spacial score (nSPS) is 14.3. The predicted octanol–water partition coefficient (Wildman–Crippen LogP) is 5.57. The highest BCUT2D eigenvalue weighted by molar-refractivity contribution is 7.92. The molecule has 3 heterocycles. The van der Waals surface area contributed by atoms with Gasteiger partial charge in [0.15, 0.2) is 34.5 Å². The molecule has 0 fully saturated rings. The standard InChI is InChI=1S/C43H34F3N4O17PS2/c1-19(51)63-37-28(14-31-39(65-21(3)53)35(37)41(55)48-7-9-61-31)26-11-24-12-34(70(59,60)50-18-68(57,58)67-25-6-5-23(17-47)30(13-25)43(44,45)46)69-33(24)16-27(26)29-15-32-40(66-22(4)54)36(38(29)64-20(2)52)42(56)49-8-10-62-32/h5-6,11-16,50H,7-10,18H2,1-4H3,(H,48,55)(H,49,56)(H,57,58). The van der Waals surface area contributed by atoms with Gasteiger partial charge in [0.2, 0.25) is 0 Å². The fourth-order valence-electron chi connectivity index (χ4n) is 7.08. The minimum absolute atomic E-state index is 0.0618. The van der Waals surface area contributed by atoms with Crippen molar-refractivity contribution in [1.29, 1.82) is 5.26 Å². The number of rotatable bonds is 12.